The van der Waals surface area contributed by atoms with Crippen LogP contribution in [0.5, 0.6) is 11.5 Å². The second-order valence-electron chi connectivity index (χ2n) is 10.7. The van der Waals surface area contributed by atoms with Gasteiger partial charge in [-0.05, 0) is 59.9 Å². The van der Waals surface area contributed by atoms with Gasteiger partial charge in [0, 0.05) is 34.7 Å². The Kier molecular flexibility index (Phi) is 6.69. The van der Waals surface area contributed by atoms with Crippen molar-refractivity contribution in [3.05, 3.63) is 47.5 Å². The number of benzene rings is 2. The molecule has 0 saturated heterocycles. The van der Waals surface area contributed by atoms with Gasteiger partial charge in [0.25, 0.3) is 0 Å². The van der Waals surface area contributed by atoms with Crippen LogP contribution in [0.25, 0.3) is 0 Å². The summed E-state index contributed by atoms with van der Waals surface area (Å²) in [6, 6.07) is 12.6. The molecular formula is C28H36N2O2S2. The largest absolute Gasteiger partial charge is 0.497 e. The minimum absolute atomic E-state index is 0.104. The summed E-state index contributed by atoms with van der Waals surface area (Å²) in [5.41, 5.74) is 4.53. The van der Waals surface area contributed by atoms with E-state index in [2.05, 4.69) is 69.1 Å². The molecule has 0 radical (unpaired) electrons. The van der Waals surface area contributed by atoms with Gasteiger partial charge in [0.1, 0.15) is 11.5 Å². The molecule has 6 heteroatoms. The monoisotopic (exact) mass is 496 g/mol. The first-order valence-corrected chi connectivity index (χ1v) is 12.8. The second-order valence-corrected chi connectivity index (χ2v) is 11.5. The summed E-state index contributed by atoms with van der Waals surface area (Å²) in [6.45, 7) is 12.1. The Morgan fingerprint density at radius 3 is 2.32 bits per heavy atom. The minimum atomic E-state index is -0.203. The molecule has 182 valence electrons. The summed E-state index contributed by atoms with van der Waals surface area (Å²) >= 11 is 12.0. The summed E-state index contributed by atoms with van der Waals surface area (Å²) in [4.78, 5) is 4.27. The van der Waals surface area contributed by atoms with Gasteiger partial charge in [0.05, 0.1) is 24.2 Å². The van der Waals surface area contributed by atoms with Crippen LogP contribution in [0.3, 0.4) is 0 Å². The topological polar surface area (TPSA) is 33.7 Å². The number of nitrogens with one attached hydrogen (secondary N) is 1. The highest BCUT2D eigenvalue weighted by Gasteiger charge is 2.45. The normalized spacial score (nSPS) is 21.3. The molecule has 2 aliphatic rings. The lowest BCUT2D eigenvalue weighted by atomic mass is 9.65. The SMILES string of the molecule is CCC(CN1C(=S)C(C)(C)Cc2cc(OC)ccc21)C1c2cc(OC)ccc2NC(=S)C1(C)C. The van der Waals surface area contributed by atoms with Gasteiger partial charge in [-0.25, -0.2) is 0 Å². The van der Waals surface area contributed by atoms with Crippen LogP contribution >= 0.6 is 24.4 Å². The van der Waals surface area contributed by atoms with Crippen molar-refractivity contribution in [2.75, 3.05) is 31.0 Å². The van der Waals surface area contributed by atoms with Crippen molar-refractivity contribution in [1.82, 2.24) is 0 Å². The summed E-state index contributed by atoms with van der Waals surface area (Å²) in [7, 11) is 3.44. The van der Waals surface area contributed by atoms with Gasteiger partial charge in [0.2, 0.25) is 0 Å². The number of methoxy groups -OCH3 is 2. The summed E-state index contributed by atoms with van der Waals surface area (Å²) < 4.78 is 11.1. The van der Waals surface area contributed by atoms with Crippen molar-refractivity contribution in [3.8, 4) is 11.5 Å². The molecule has 1 N–H and O–H groups in total. The minimum Gasteiger partial charge on any atom is -0.497 e. The van der Waals surface area contributed by atoms with E-state index in [1.807, 2.05) is 12.1 Å². The van der Waals surface area contributed by atoms with Gasteiger partial charge in [-0.3, -0.25) is 0 Å². The van der Waals surface area contributed by atoms with E-state index in [-0.39, 0.29) is 16.7 Å². The Morgan fingerprint density at radius 2 is 1.68 bits per heavy atom. The van der Waals surface area contributed by atoms with Crippen LogP contribution in [0.4, 0.5) is 11.4 Å². The molecule has 0 amide bonds. The van der Waals surface area contributed by atoms with E-state index in [1.165, 1.54) is 16.8 Å². The molecule has 0 bridgehead atoms. The summed E-state index contributed by atoms with van der Waals surface area (Å²) in [6.07, 6.45) is 1.92. The fourth-order valence-corrected chi connectivity index (χ4v) is 6.18. The van der Waals surface area contributed by atoms with Crippen LogP contribution in [-0.2, 0) is 6.42 Å². The number of nitrogens with zero attached hydrogens (tertiary/aromatic N) is 1. The standard InChI is InChI=1S/C28H36N2O2S2/c1-8-17(24-21-14-20(32-7)9-11-22(21)29-25(33)28(24,4)5)16-30-23-12-10-19(31-6)13-18(23)15-27(2,3)26(30)34/h9-14,17,24H,8,15-16H2,1-7H3,(H,29,33). The van der Waals surface area contributed by atoms with Crippen LogP contribution in [0, 0.1) is 16.7 Å². The Hall–Kier alpha value is -2.18. The van der Waals surface area contributed by atoms with E-state index in [1.54, 1.807) is 14.2 Å². The highest BCUT2D eigenvalue weighted by molar-refractivity contribution is 7.81. The average Bonchev–Trinajstić information content (AvgIpc) is 2.80. The number of ether oxygens (including phenoxy) is 2. The van der Waals surface area contributed by atoms with Crippen LogP contribution in [-0.4, -0.2) is 30.7 Å². The van der Waals surface area contributed by atoms with Crippen LogP contribution in [0.1, 0.15) is 58.1 Å². The smallest absolute Gasteiger partial charge is 0.119 e. The molecule has 0 saturated carbocycles. The quantitative estimate of drug-likeness (QED) is 0.433. The second kappa shape index (κ2) is 9.12. The van der Waals surface area contributed by atoms with Crippen molar-refractivity contribution in [3.63, 3.8) is 0 Å². The molecule has 4 nitrogen and oxygen atoms in total. The lowest BCUT2D eigenvalue weighted by Gasteiger charge is -2.48. The first kappa shape index (κ1) is 24.9. The Morgan fingerprint density at radius 1 is 1.03 bits per heavy atom. The molecule has 34 heavy (non-hydrogen) atoms. The van der Waals surface area contributed by atoms with Crippen molar-refractivity contribution >= 4 is 45.8 Å². The highest BCUT2D eigenvalue weighted by atomic mass is 32.1. The highest BCUT2D eigenvalue weighted by Crippen LogP contribution is 2.51. The van der Waals surface area contributed by atoms with E-state index in [0.717, 1.165) is 46.5 Å². The predicted octanol–water partition coefficient (Wildman–Crippen LogP) is 7.01. The summed E-state index contributed by atoms with van der Waals surface area (Å²) in [5.74, 6) is 2.32. The molecule has 0 aromatic heterocycles. The average molecular weight is 497 g/mol. The van der Waals surface area contributed by atoms with Crippen LogP contribution in [0.2, 0.25) is 0 Å². The third-order valence-corrected chi connectivity index (χ3v) is 9.05. The zero-order valence-electron chi connectivity index (χ0n) is 21.3. The summed E-state index contributed by atoms with van der Waals surface area (Å²) in [5, 5.41) is 3.49. The third-order valence-electron chi connectivity index (χ3n) is 7.65. The fraction of sp³-hybridized carbons (Fsp3) is 0.500. The van der Waals surface area contributed by atoms with Gasteiger partial charge in [-0.1, -0.05) is 65.5 Å². The Balaban J connectivity index is 1.79. The van der Waals surface area contributed by atoms with Crippen LogP contribution < -0.4 is 19.7 Å². The molecule has 0 aliphatic carbocycles. The van der Waals surface area contributed by atoms with Gasteiger partial charge >= 0.3 is 0 Å². The number of rotatable bonds is 6. The first-order chi connectivity index (χ1) is 16.0. The molecule has 0 spiro atoms. The molecule has 0 fully saturated rings. The van der Waals surface area contributed by atoms with Gasteiger partial charge in [-0.15, -0.1) is 0 Å². The predicted molar refractivity (Wildman–Crippen MR) is 150 cm³/mol. The zero-order chi connectivity index (χ0) is 24.8. The lowest BCUT2D eigenvalue weighted by molar-refractivity contribution is 0.284. The number of hydrogen-bond donors (Lipinski definition) is 1. The first-order valence-electron chi connectivity index (χ1n) is 12.0. The van der Waals surface area contributed by atoms with Crippen molar-refractivity contribution in [2.24, 2.45) is 16.7 Å². The Labute approximate surface area is 215 Å². The molecular weight excluding hydrogens is 460 g/mol. The van der Waals surface area contributed by atoms with Gasteiger partial charge < -0.3 is 19.7 Å². The molecule has 2 aromatic rings. The lowest BCUT2D eigenvalue weighted by Crippen LogP contribution is -2.50. The Bertz CT molecular complexity index is 1130. The molecule has 2 unspecified atom stereocenters. The maximum Gasteiger partial charge on any atom is 0.119 e. The number of hydrogen-bond acceptors (Lipinski definition) is 4. The number of fused-ring (bicyclic) bond motifs is 2. The van der Waals surface area contributed by atoms with E-state index in [4.69, 9.17) is 33.9 Å². The van der Waals surface area contributed by atoms with E-state index in [0.29, 0.717) is 5.92 Å². The fourth-order valence-electron chi connectivity index (χ4n) is 5.70. The maximum absolute atomic E-state index is 6.10. The molecule has 2 aromatic carbocycles. The molecule has 4 rings (SSSR count). The molecule has 2 atom stereocenters. The molecule has 2 aliphatic heterocycles. The maximum atomic E-state index is 6.10. The number of thiocarbonyl (C=S) groups is 2. The van der Waals surface area contributed by atoms with Gasteiger partial charge in [0.15, 0.2) is 0 Å². The zero-order valence-corrected chi connectivity index (χ0v) is 23.0. The van der Waals surface area contributed by atoms with Crippen LogP contribution in [0.15, 0.2) is 36.4 Å². The van der Waals surface area contributed by atoms with Crippen molar-refractivity contribution in [2.45, 2.75) is 53.4 Å². The third kappa shape index (κ3) is 4.20. The number of anilines is 2. The van der Waals surface area contributed by atoms with Gasteiger partial charge in [-0.2, -0.15) is 0 Å². The molecule has 2 heterocycles. The van der Waals surface area contributed by atoms with E-state index in [9.17, 15) is 0 Å². The van der Waals surface area contributed by atoms with Crippen molar-refractivity contribution < 1.29 is 9.47 Å². The van der Waals surface area contributed by atoms with E-state index >= 15 is 0 Å². The van der Waals surface area contributed by atoms with Crippen molar-refractivity contribution in [1.29, 1.82) is 0 Å². The van der Waals surface area contributed by atoms with E-state index < -0.39 is 0 Å².